The van der Waals surface area contributed by atoms with Crippen LogP contribution in [0.1, 0.15) is 23.7 Å². The van der Waals surface area contributed by atoms with Gasteiger partial charge in [0.1, 0.15) is 0 Å². The molecule has 1 atom stereocenters. The second-order valence-electron chi connectivity index (χ2n) is 4.54. The van der Waals surface area contributed by atoms with Crippen molar-refractivity contribution in [2.45, 2.75) is 18.9 Å². The fourth-order valence-corrected chi connectivity index (χ4v) is 1.83. The van der Waals surface area contributed by atoms with Gasteiger partial charge in [0.25, 0.3) is 5.91 Å². The summed E-state index contributed by atoms with van der Waals surface area (Å²) >= 11 is 0. The van der Waals surface area contributed by atoms with E-state index in [1.165, 1.54) is 0 Å². The largest absolute Gasteiger partial charge is 0.379 e. The Kier molecular flexibility index (Phi) is 3.31. The number of benzene rings is 1. The molecule has 5 heteroatoms. The molecule has 1 saturated heterocycles. The number of ether oxygens (including phenoxy) is 1. The van der Waals surface area contributed by atoms with Gasteiger partial charge in [-0.1, -0.05) is 0 Å². The lowest BCUT2D eigenvalue weighted by molar-refractivity contribution is 0.0890. The van der Waals surface area contributed by atoms with Gasteiger partial charge in [-0.3, -0.25) is 10.6 Å². The van der Waals surface area contributed by atoms with Gasteiger partial charge in [-0.15, -0.1) is 0 Å². The summed E-state index contributed by atoms with van der Waals surface area (Å²) in [6, 6.07) is 7.01. The normalized spacial score (nSPS) is 23.4. The van der Waals surface area contributed by atoms with Crippen LogP contribution >= 0.6 is 0 Å². The number of rotatable bonds is 3. The van der Waals surface area contributed by atoms with Gasteiger partial charge in [0, 0.05) is 17.9 Å². The van der Waals surface area contributed by atoms with E-state index in [0.717, 1.165) is 12.1 Å². The molecule has 1 aliphatic rings. The van der Waals surface area contributed by atoms with Crippen LogP contribution < -0.4 is 16.6 Å². The van der Waals surface area contributed by atoms with Gasteiger partial charge >= 0.3 is 0 Å². The number of nitrogen functional groups attached to an aromatic ring is 1. The molecular formula is C12H17N3O2. The number of hydrogen-bond acceptors (Lipinski definition) is 4. The Morgan fingerprint density at radius 2 is 2.12 bits per heavy atom. The maximum atomic E-state index is 12.0. The first kappa shape index (κ1) is 11.9. The second kappa shape index (κ2) is 4.73. The summed E-state index contributed by atoms with van der Waals surface area (Å²) < 4.78 is 5.29. The molecule has 0 aliphatic carbocycles. The van der Waals surface area contributed by atoms with Crippen LogP contribution in [0.25, 0.3) is 0 Å². The predicted molar refractivity (Wildman–Crippen MR) is 65.6 cm³/mol. The topological polar surface area (TPSA) is 76.4 Å². The Balaban J connectivity index is 2.03. The smallest absolute Gasteiger partial charge is 0.251 e. The predicted octanol–water partition coefficient (Wildman–Crippen LogP) is 0.881. The van der Waals surface area contributed by atoms with E-state index in [4.69, 9.17) is 10.6 Å². The van der Waals surface area contributed by atoms with Crippen molar-refractivity contribution in [3.63, 3.8) is 0 Å². The van der Waals surface area contributed by atoms with Gasteiger partial charge in [-0.2, -0.15) is 0 Å². The number of carbonyl (C=O) groups excluding carboxylic acids is 1. The molecule has 0 saturated carbocycles. The fourth-order valence-electron chi connectivity index (χ4n) is 1.83. The van der Waals surface area contributed by atoms with Gasteiger partial charge in [-0.05, 0) is 37.6 Å². The summed E-state index contributed by atoms with van der Waals surface area (Å²) in [6.45, 7) is 3.27. The van der Waals surface area contributed by atoms with Crippen molar-refractivity contribution in [3.8, 4) is 0 Å². The molecule has 1 aromatic rings. The van der Waals surface area contributed by atoms with E-state index < -0.39 is 0 Å². The quantitative estimate of drug-likeness (QED) is 0.537. The molecule has 1 heterocycles. The zero-order chi connectivity index (χ0) is 12.3. The monoisotopic (exact) mass is 235 g/mol. The maximum absolute atomic E-state index is 12.0. The highest BCUT2D eigenvalue weighted by molar-refractivity contribution is 5.95. The average Bonchev–Trinajstić information content (AvgIpc) is 2.76. The SMILES string of the molecule is CC1(NC(=O)c2ccc(NN)cc2)CCOC1. The molecule has 17 heavy (non-hydrogen) atoms. The van der Waals surface area contributed by atoms with Gasteiger partial charge < -0.3 is 15.5 Å². The third-order valence-corrected chi connectivity index (χ3v) is 2.95. The van der Waals surface area contributed by atoms with Crippen LogP contribution in [0.15, 0.2) is 24.3 Å². The van der Waals surface area contributed by atoms with E-state index in [1.54, 1.807) is 24.3 Å². The lowest BCUT2D eigenvalue weighted by atomic mass is 10.0. The molecule has 1 amide bonds. The molecular weight excluding hydrogens is 218 g/mol. The number of anilines is 1. The Hall–Kier alpha value is -1.59. The first-order chi connectivity index (χ1) is 8.13. The lowest BCUT2D eigenvalue weighted by Crippen LogP contribution is -2.46. The molecule has 1 unspecified atom stereocenters. The fraction of sp³-hybridized carbons (Fsp3) is 0.417. The minimum atomic E-state index is -0.248. The zero-order valence-corrected chi connectivity index (χ0v) is 9.82. The number of nitrogens with two attached hydrogens (primary N) is 1. The highest BCUT2D eigenvalue weighted by Crippen LogP contribution is 2.18. The first-order valence-electron chi connectivity index (χ1n) is 5.60. The molecule has 1 aliphatic heterocycles. The molecule has 0 radical (unpaired) electrons. The minimum Gasteiger partial charge on any atom is -0.379 e. The summed E-state index contributed by atoms with van der Waals surface area (Å²) in [6.07, 6.45) is 0.848. The molecule has 5 nitrogen and oxygen atoms in total. The van der Waals surface area contributed by atoms with E-state index in [-0.39, 0.29) is 11.4 Å². The van der Waals surface area contributed by atoms with Gasteiger partial charge in [0.15, 0.2) is 0 Å². The van der Waals surface area contributed by atoms with Crippen molar-refractivity contribution in [3.05, 3.63) is 29.8 Å². The van der Waals surface area contributed by atoms with Gasteiger partial charge in [0.2, 0.25) is 0 Å². The van der Waals surface area contributed by atoms with Crippen LogP contribution in [0, 0.1) is 0 Å². The third kappa shape index (κ3) is 2.75. The van der Waals surface area contributed by atoms with E-state index in [1.807, 2.05) is 6.92 Å². The highest BCUT2D eigenvalue weighted by atomic mass is 16.5. The van der Waals surface area contributed by atoms with Crippen LogP contribution in [-0.4, -0.2) is 24.7 Å². The number of hydrazine groups is 1. The van der Waals surface area contributed by atoms with Gasteiger partial charge in [0.05, 0.1) is 12.1 Å². The molecule has 0 aromatic heterocycles. The van der Waals surface area contributed by atoms with Crippen molar-refractivity contribution in [2.24, 2.45) is 5.84 Å². The van der Waals surface area contributed by atoms with E-state index in [2.05, 4.69) is 10.7 Å². The Morgan fingerprint density at radius 1 is 1.41 bits per heavy atom. The van der Waals surface area contributed by atoms with Crippen LogP contribution in [0.2, 0.25) is 0 Å². The minimum absolute atomic E-state index is 0.0819. The molecule has 1 fully saturated rings. The van der Waals surface area contributed by atoms with Crippen LogP contribution in [-0.2, 0) is 4.74 Å². The lowest BCUT2D eigenvalue weighted by Gasteiger charge is -2.23. The average molecular weight is 235 g/mol. The first-order valence-corrected chi connectivity index (χ1v) is 5.60. The summed E-state index contributed by atoms with van der Waals surface area (Å²) in [7, 11) is 0. The molecule has 1 aromatic carbocycles. The van der Waals surface area contributed by atoms with Crippen molar-refractivity contribution in [1.29, 1.82) is 0 Å². The summed E-state index contributed by atoms with van der Waals surface area (Å²) in [4.78, 5) is 12.0. The van der Waals surface area contributed by atoms with Crippen molar-refractivity contribution >= 4 is 11.6 Å². The Bertz CT molecular complexity index is 397. The number of nitrogens with one attached hydrogen (secondary N) is 2. The van der Waals surface area contributed by atoms with Crippen LogP contribution in [0.3, 0.4) is 0 Å². The maximum Gasteiger partial charge on any atom is 0.251 e. The van der Waals surface area contributed by atoms with E-state index in [9.17, 15) is 4.79 Å². The number of amides is 1. The third-order valence-electron chi connectivity index (χ3n) is 2.95. The molecule has 0 bridgehead atoms. The van der Waals surface area contributed by atoms with Crippen molar-refractivity contribution in [1.82, 2.24) is 5.32 Å². The van der Waals surface area contributed by atoms with Crippen LogP contribution in [0.5, 0.6) is 0 Å². The Morgan fingerprint density at radius 3 is 2.65 bits per heavy atom. The molecule has 92 valence electrons. The number of hydrogen-bond donors (Lipinski definition) is 3. The summed E-state index contributed by atoms with van der Waals surface area (Å²) in [5.41, 5.74) is 3.67. The molecule has 2 rings (SSSR count). The summed E-state index contributed by atoms with van der Waals surface area (Å²) in [5, 5.41) is 2.99. The summed E-state index contributed by atoms with van der Waals surface area (Å²) in [5.74, 6) is 5.18. The van der Waals surface area contributed by atoms with E-state index in [0.29, 0.717) is 18.8 Å². The van der Waals surface area contributed by atoms with Crippen LogP contribution in [0.4, 0.5) is 5.69 Å². The Labute approximate surface area is 100 Å². The van der Waals surface area contributed by atoms with Crippen molar-refractivity contribution < 1.29 is 9.53 Å². The second-order valence-corrected chi connectivity index (χ2v) is 4.54. The molecule has 4 N–H and O–H groups in total. The van der Waals surface area contributed by atoms with Crippen molar-refractivity contribution in [2.75, 3.05) is 18.6 Å². The molecule has 0 spiro atoms. The number of carbonyl (C=O) groups is 1. The van der Waals surface area contributed by atoms with E-state index >= 15 is 0 Å². The highest BCUT2D eigenvalue weighted by Gasteiger charge is 2.31. The standard InChI is InChI=1S/C12H17N3O2/c1-12(6-7-17-8-12)14-11(16)9-2-4-10(15-13)5-3-9/h2-5,15H,6-8,13H2,1H3,(H,14,16). The van der Waals surface area contributed by atoms with Gasteiger partial charge in [-0.25, -0.2) is 0 Å². The zero-order valence-electron chi connectivity index (χ0n) is 9.82.